The van der Waals surface area contributed by atoms with Crippen LogP contribution in [0.2, 0.25) is 0 Å². The molecule has 1 unspecified atom stereocenters. The number of hydrogen-bond acceptors (Lipinski definition) is 3. The lowest BCUT2D eigenvalue weighted by Crippen LogP contribution is -2.24. The number of aryl methyl sites for hydroxylation is 3. The molecule has 1 atom stereocenters. The Morgan fingerprint density at radius 3 is 2.80 bits per heavy atom. The maximum atomic E-state index is 4.67. The van der Waals surface area contributed by atoms with E-state index in [0.717, 1.165) is 32.4 Å². The lowest BCUT2D eigenvalue weighted by atomic mass is 10.0. The van der Waals surface area contributed by atoms with E-state index < -0.39 is 0 Å². The molecule has 0 aromatic carbocycles. The second-order valence-corrected chi connectivity index (χ2v) is 5.79. The Hall–Kier alpha value is -1.13. The molecule has 1 N–H and O–H groups in total. The predicted octanol–water partition coefficient (Wildman–Crippen LogP) is 3.81. The summed E-state index contributed by atoms with van der Waals surface area (Å²) in [5, 5.41) is 12.7. The van der Waals surface area contributed by atoms with E-state index in [0.29, 0.717) is 6.04 Å². The molecule has 0 saturated heterocycles. The van der Waals surface area contributed by atoms with Gasteiger partial charge in [-0.1, -0.05) is 13.8 Å². The van der Waals surface area contributed by atoms with Crippen molar-refractivity contribution in [2.75, 3.05) is 6.54 Å². The molecular weight excluding hydrogens is 266 g/mol. The van der Waals surface area contributed by atoms with E-state index in [-0.39, 0.29) is 0 Å². The summed E-state index contributed by atoms with van der Waals surface area (Å²) in [5.41, 5.74) is 3.97. The Morgan fingerprint density at radius 1 is 1.35 bits per heavy atom. The molecule has 0 amide bonds. The van der Waals surface area contributed by atoms with Gasteiger partial charge in [0, 0.05) is 12.6 Å². The zero-order valence-corrected chi connectivity index (χ0v) is 13.5. The van der Waals surface area contributed by atoms with Crippen molar-refractivity contribution < 1.29 is 0 Å². The van der Waals surface area contributed by atoms with Crippen molar-refractivity contribution in [3.05, 3.63) is 39.8 Å². The highest BCUT2D eigenvalue weighted by Crippen LogP contribution is 2.21. The molecule has 0 radical (unpaired) electrons. The van der Waals surface area contributed by atoms with Gasteiger partial charge >= 0.3 is 0 Å². The fourth-order valence-corrected chi connectivity index (χ4v) is 3.24. The average Bonchev–Trinajstić information content (AvgIpc) is 3.12. The third kappa shape index (κ3) is 3.70. The molecule has 0 bridgehead atoms. The second-order valence-electron chi connectivity index (χ2n) is 5.01. The highest BCUT2D eigenvalue weighted by molar-refractivity contribution is 7.07. The smallest absolute Gasteiger partial charge is 0.0625 e. The summed E-state index contributed by atoms with van der Waals surface area (Å²) in [7, 11) is 0. The van der Waals surface area contributed by atoms with E-state index >= 15 is 0 Å². The van der Waals surface area contributed by atoms with Gasteiger partial charge in [-0.05, 0) is 61.2 Å². The molecule has 0 spiro atoms. The van der Waals surface area contributed by atoms with Crippen molar-refractivity contribution in [3.63, 3.8) is 0 Å². The minimum Gasteiger partial charge on any atom is -0.309 e. The van der Waals surface area contributed by atoms with Crippen LogP contribution in [0.15, 0.2) is 22.9 Å². The highest BCUT2D eigenvalue weighted by atomic mass is 32.1. The topological polar surface area (TPSA) is 29.9 Å². The van der Waals surface area contributed by atoms with Crippen LogP contribution >= 0.6 is 11.3 Å². The van der Waals surface area contributed by atoms with Gasteiger partial charge in [-0.2, -0.15) is 16.4 Å². The first kappa shape index (κ1) is 15.3. The lowest BCUT2D eigenvalue weighted by molar-refractivity contribution is 0.466. The molecule has 0 aliphatic heterocycles. The van der Waals surface area contributed by atoms with E-state index in [1.807, 2.05) is 0 Å². The molecule has 0 saturated carbocycles. The summed E-state index contributed by atoms with van der Waals surface area (Å²) in [6.45, 7) is 8.43. The number of aromatic nitrogens is 2. The van der Waals surface area contributed by atoms with Crippen LogP contribution in [0.3, 0.4) is 0 Å². The molecule has 0 aliphatic carbocycles. The van der Waals surface area contributed by atoms with Crippen LogP contribution in [0.1, 0.15) is 50.2 Å². The largest absolute Gasteiger partial charge is 0.309 e. The van der Waals surface area contributed by atoms with Crippen LogP contribution in [-0.4, -0.2) is 16.3 Å². The first-order valence-electron chi connectivity index (χ1n) is 7.59. The molecule has 20 heavy (non-hydrogen) atoms. The van der Waals surface area contributed by atoms with Gasteiger partial charge in [-0.25, -0.2) is 0 Å². The maximum absolute atomic E-state index is 4.67. The Bertz CT molecular complexity index is 502. The molecule has 2 heterocycles. The quantitative estimate of drug-likeness (QED) is 0.801. The third-order valence-corrected chi connectivity index (χ3v) is 4.36. The Morgan fingerprint density at radius 2 is 2.20 bits per heavy atom. The van der Waals surface area contributed by atoms with E-state index in [9.17, 15) is 0 Å². The van der Waals surface area contributed by atoms with Crippen LogP contribution < -0.4 is 5.32 Å². The van der Waals surface area contributed by atoms with Crippen molar-refractivity contribution >= 4 is 11.3 Å². The predicted molar refractivity (Wildman–Crippen MR) is 86.3 cm³/mol. The number of nitrogens with zero attached hydrogens (tertiary/aromatic N) is 2. The van der Waals surface area contributed by atoms with E-state index in [1.54, 1.807) is 11.3 Å². The number of rotatable bonds is 8. The zero-order chi connectivity index (χ0) is 14.4. The van der Waals surface area contributed by atoms with Gasteiger partial charge in [0.2, 0.25) is 0 Å². The Balaban J connectivity index is 2.12. The SMILES string of the molecule is CCNC(CCc1ccsc1)c1cc(CC)nn1CC. The third-order valence-electron chi connectivity index (χ3n) is 3.63. The summed E-state index contributed by atoms with van der Waals surface area (Å²) < 4.78 is 2.15. The van der Waals surface area contributed by atoms with Gasteiger partial charge in [-0.15, -0.1) is 0 Å². The van der Waals surface area contributed by atoms with Crippen molar-refractivity contribution in [2.24, 2.45) is 0 Å². The van der Waals surface area contributed by atoms with E-state index in [2.05, 4.69) is 58.8 Å². The molecule has 4 heteroatoms. The molecule has 0 aliphatic rings. The van der Waals surface area contributed by atoms with E-state index in [4.69, 9.17) is 0 Å². The first-order chi connectivity index (χ1) is 9.78. The Labute approximate surface area is 126 Å². The summed E-state index contributed by atoms with van der Waals surface area (Å²) in [6, 6.07) is 4.89. The molecule has 0 fully saturated rings. The van der Waals surface area contributed by atoms with Gasteiger partial charge in [0.25, 0.3) is 0 Å². The van der Waals surface area contributed by atoms with Gasteiger partial charge in [0.15, 0.2) is 0 Å². The van der Waals surface area contributed by atoms with Crippen LogP contribution in [0.25, 0.3) is 0 Å². The number of thiophene rings is 1. The van der Waals surface area contributed by atoms with Crippen molar-refractivity contribution in [1.82, 2.24) is 15.1 Å². The summed E-state index contributed by atoms with van der Waals surface area (Å²) >= 11 is 1.78. The minimum atomic E-state index is 0.396. The summed E-state index contributed by atoms with van der Waals surface area (Å²) in [4.78, 5) is 0. The summed E-state index contributed by atoms with van der Waals surface area (Å²) in [6.07, 6.45) is 3.25. The van der Waals surface area contributed by atoms with Crippen LogP contribution in [0.5, 0.6) is 0 Å². The maximum Gasteiger partial charge on any atom is 0.0625 e. The second kappa shape index (κ2) is 7.60. The van der Waals surface area contributed by atoms with Crippen molar-refractivity contribution in [3.8, 4) is 0 Å². The van der Waals surface area contributed by atoms with Crippen LogP contribution in [-0.2, 0) is 19.4 Å². The lowest BCUT2D eigenvalue weighted by Gasteiger charge is -2.18. The van der Waals surface area contributed by atoms with Crippen molar-refractivity contribution in [2.45, 2.75) is 52.6 Å². The standard InChI is InChI=1S/C16H25N3S/c1-4-14-11-16(19(6-3)18-14)15(17-5-2)8-7-13-9-10-20-12-13/h9-12,15,17H,4-8H2,1-3H3. The van der Waals surface area contributed by atoms with Crippen molar-refractivity contribution in [1.29, 1.82) is 0 Å². The number of nitrogens with one attached hydrogen (secondary N) is 1. The fraction of sp³-hybridized carbons (Fsp3) is 0.562. The van der Waals surface area contributed by atoms with Gasteiger partial charge in [0.05, 0.1) is 11.4 Å². The summed E-state index contributed by atoms with van der Waals surface area (Å²) in [5.74, 6) is 0. The fourth-order valence-electron chi connectivity index (χ4n) is 2.54. The normalized spacial score (nSPS) is 12.8. The van der Waals surface area contributed by atoms with Gasteiger partial charge in [-0.3, -0.25) is 4.68 Å². The molecule has 2 aromatic rings. The highest BCUT2D eigenvalue weighted by Gasteiger charge is 2.16. The van der Waals surface area contributed by atoms with Gasteiger partial charge < -0.3 is 5.32 Å². The monoisotopic (exact) mass is 291 g/mol. The van der Waals surface area contributed by atoms with Crippen LogP contribution in [0.4, 0.5) is 0 Å². The van der Waals surface area contributed by atoms with Crippen LogP contribution in [0, 0.1) is 0 Å². The van der Waals surface area contributed by atoms with E-state index in [1.165, 1.54) is 17.0 Å². The molecule has 3 nitrogen and oxygen atoms in total. The molecule has 2 rings (SSSR count). The molecular formula is C16H25N3S. The van der Waals surface area contributed by atoms with Gasteiger partial charge in [0.1, 0.15) is 0 Å². The zero-order valence-electron chi connectivity index (χ0n) is 12.7. The molecule has 2 aromatic heterocycles. The molecule has 110 valence electrons. The average molecular weight is 291 g/mol. The number of hydrogen-bond donors (Lipinski definition) is 1. The Kier molecular flexibility index (Phi) is 5.80. The minimum absolute atomic E-state index is 0.396. The first-order valence-corrected chi connectivity index (χ1v) is 8.53.